The fourth-order valence-corrected chi connectivity index (χ4v) is 3.53. The summed E-state index contributed by atoms with van der Waals surface area (Å²) in [5, 5.41) is 3.24. The number of rotatable bonds is 2. The Labute approximate surface area is 131 Å². The maximum atomic E-state index is 6.10. The molecule has 5 nitrogen and oxygen atoms in total. The van der Waals surface area contributed by atoms with Crippen LogP contribution in [0.4, 0.5) is 5.82 Å². The predicted octanol–water partition coefficient (Wildman–Crippen LogP) is 3.87. The van der Waals surface area contributed by atoms with Crippen molar-refractivity contribution in [3.05, 3.63) is 36.0 Å². The summed E-state index contributed by atoms with van der Waals surface area (Å²) in [4.78, 5) is 13.5. The molecule has 2 N–H and O–H groups in total. The van der Waals surface area contributed by atoms with Crippen molar-refractivity contribution in [2.75, 3.05) is 5.73 Å². The number of anilines is 1. The average molecular weight is 309 g/mol. The van der Waals surface area contributed by atoms with E-state index in [9.17, 15) is 0 Å². The summed E-state index contributed by atoms with van der Waals surface area (Å²) >= 11 is 1.69. The Kier molecular flexibility index (Phi) is 2.87. The van der Waals surface area contributed by atoms with E-state index in [0.29, 0.717) is 17.2 Å². The van der Waals surface area contributed by atoms with Crippen LogP contribution in [0.15, 0.2) is 36.0 Å². The number of nitrogens with zero attached hydrogens (tertiary/aromatic N) is 4. The van der Waals surface area contributed by atoms with Gasteiger partial charge in [0.25, 0.3) is 0 Å². The standard InChI is InChI=1S/C16H15N5S/c1-9(2)21-8-18-13-14(17)19-15(20-16(13)21)11-7-22-12-6-4-3-5-10(11)12/h3-9H,1-2H3,(H2,17,19,20). The highest BCUT2D eigenvalue weighted by molar-refractivity contribution is 7.17. The van der Waals surface area contributed by atoms with Gasteiger partial charge in [-0.15, -0.1) is 11.3 Å². The van der Waals surface area contributed by atoms with Gasteiger partial charge < -0.3 is 10.3 Å². The molecule has 0 amide bonds. The van der Waals surface area contributed by atoms with Gasteiger partial charge in [-0.2, -0.15) is 0 Å². The van der Waals surface area contributed by atoms with Gasteiger partial charge in [-0.25, -0.2) is 15.0 Å². The monoisotopic (exact) mass is 309 g/mol. The maximum absolute atomic E-state index is 6.10. The van der Waals surface area contributed by atoms with E-state index in [4.69, 9.17) is 10.7 Å². The van der Waals surface area contributed by atoms with Crippen molar-refractivity contribution in [3.8, 4) is 11.4 Å². The van der Waals surface area contributed by atoms with Crippen molar-refractivity contribution in [1.82, 2.24) is 19.5 Å². The number of imidazole rings is 1. The molecule has 3 heterocycles. The van der Waals surface area contributed by atoms with Crippen LogP contribution >= 0.6 is 11.3 Å². The highest BCUT2D eigenvalue weighted by Crippen LogP contribution is 2.33. The Morgan fingerprint density at radius 3 is 2.82 bits per heavy atom. The first kappa shape index (κ1) is 13.2. The topological polar surface area (TPSA) is 69.6 Å². The van der Waals surface area contributed by atoms with E-state index in [1.165, 1.54) is 4.70 Å². The zero-order valence-corrected chi connectivity index (χ0v) is 13.1. The Bertz CT molecular complexity index is 983. The maximum Gasteiger partial charge on any atom is 0.166 e. The van der Waals surface area contributed by atoms with E-state index < -0.39 is 0 Å². The molecule has 6 heteroatoms. The molecule has 0 saturated heterocycles. The lowest BCUT2D eigenvalue weighted by Gasteiger charge is -2.08. The van der Waals surface area contributed by atoms with Gasteiger partial charge in [0.15, 0.2) is 17.3 Å². The van der Waals surface area contributed by atoms with Gasteiger partial charge in [0.05, 0.1) is 6.33 Å². The summed E-state index contributed by atoms with van der Waals surface area (Å²) in [6.07, 6.45) is 1.77. The van der Waals surface area contributed by atoms with Crippen LogP contribution in [-0.2, 0) is 0 Å². The van der Waals surface area contributed by atoms with Gasteiger partial charge in [-0.05, 0) is 19.9 Å². The Hall–Kier alpha value is -2.47. The van der Waals surface area contributed by atoms with E-state index in [2.05, 4.69) is 41.3 Å². The fraction of sp³-hybridized carbons (Fsp3) is 0.188. The molecule has 4 aromatic rings. The number of hydrogen-bond acceptors (Lipinski definition) is 5. The van der Waals surface area contributed by atoms with Crippen molar-refractivity contribution < 1.29 is 0 Å². The quantitative estimate of drug-likeness (QED) is 0.610. The van der Waals surface area contributed by atoms with E-state index in [1.54, 1.807) is 17.7 Å². The third kappa shape index (κ3) is 1.88. The lowest BCUT2D eigenvalue weighted by molar-refractivity contribution is 0.613. The molecule has 0 aliphatic carbocycles. The smallest absolute Gasteiger partial charge is 0.166 e. The SMILES string of the molecule is CC(C)n1cnc2c(N)nc(-c3csc4ccccc34)nc21. The number of hydrogen-bond donors (Lipinski definition) is 1. The first-order chi connectivity index (χ1) is 10.6. The van der Waals surface area contributed by atoms with Gasteiger partial charge in [0, 0.05) is 27.1 Å². The minimum atomic E-state index is 0.270. The van der Waals surface area contributed by atoms with Crippen LogP contribution in [0.25, 0.3) is 32.6 Å². The minimum Gasteiger partial charge on any atom is -0.382 e. The third-order valence-electron chi connectivity index (χ3n) is 3.73. The number of benzene rings is 1. The van der Waals surface area contributed by atoms with Gasteiger partial charge >= 0.3 is 0 Å². The molecule has 22 heavy (non-hydrogen) atoms. The van der Waals surface area contributed by atoms with Crippen LogP contribution < -0.4 is 5.73 Å². The molecule has 0 saturated carbocycles. The Morgan fingerprint density at radius 2 is 2.00 bits per heavy atom. The van der Waals surface area contributed by atoms with Crippen molar-refractivity contribution >= 4 is 38.4 Å². The van der Waals surface area contributed by atoms with Crippen LogP contribution in [0, 0.1) is 0 Å². The summed E-state index contributed by atoms with van der Waals surface area (Å²) in [5.74, 6) is 1.08. The van der Waals surface area contributed by atoms with Gasteiger partial charge in [0.2, 0.25) is 0 Å². The number of thiophene rings is 1. The zero-order chi connectivity index (χ0) is 15.3. The lowest BCUT2D eigenvalue weighted by Crippen LogP contribution is -2.03. The van der Waals surface area contributed by atoms with E-state index >= 15 is 0 Å². The minimum absolute atomic E-state index is 0.270. The molecule has 4 rings (SSSR count). The second-order valence-corrected chi connectivity index (χ2v) is 6.41. The molecule has 0 aliphatic heterocycles. The largest absolute Gasteiger partial charge is 0.382 e. The van der Waals surface area contributed by atoms with Crippen LogP contribution in [0.3, 0.4) is 0 Å². The molecule has 0 spiro atoms. The summed E-state index contributed by atoms with van der Waals surface area (Å²) in [5.41, 5.74) is 8.57. The molecule has 110 valence electrons. The highest BCUT2D eigenvalue weighted by atomic mass is 32.1. The summed E-state index contributed by atoms with van der Waals surface area (Å²) in [6.45, 7) is 4.19. The van der Waals surface area contributed by atoms with E-state index in [1.807, 2.05) is 16.7 Å². The number of nitrogens with two attached hydrogens (primary N) is 1. The number of fused-ring (bicyclic) bond motifs is 2. The molecule has 0 radical (unpaired) electrons. The van der Waals surface area contributed by atoms with Crippen LogP contribution in [-0.4, -0.2) is 19.5 Å². The van der Waals surface area contributed by atoms with Gasteiger partial charge in [0.1, 0.15) is 5.52 Å². The Balaban J connectivity index is 2.01. The normalized spacial score (nSPS) is 11.8. The third-order valence-corrected chi connectivity index (χ3v) is 4.69. The second kappa shape index (κ2) is 4.78. The molecule has 0 atom stereocenters. The highest BCUT2D eigenvalue weighted by Gasteiger charge is 2.16. The molecule has 3 aromatic heterocycles. The summed E-state index contributed by atoms with van der Waals surface area (Å²) < 4.78 is 3.24. The molecule has 1 aromatic carbocycles. The summed E-state index contributed by atoms with van der Waals surface area (Å²) in [6, 6.07) is 8.52. The molecular weight excluding hydrogens is 294 g/mol. The van der Waals surface area contributed by atoms with Crippen LogP contribution in [0.5, 0.6) is 0 Å². The number of aromatic nitrogens is 4. The molecule has 0 bridgehead atoms. The zero-order valence-electron chi connectivity index (χ0n) is 12.3. The van der Waals surface area contributed by atoms with Crippen LogP contribution in [0.1, 0.15) is 19.9 Å². The second-order valence-electron chi connectivity index (χ2n) is 5.50. The van der Waals surface area contributed by atoms with E-state index in [-0.39, 0.29) is 6.04 Å². The molecular formula is C16H15N5S. The molecule has 0 unspecified atom stereocenters. The van der Waals surface area contributed by atoms with E-state index in [0.717, 1.165) is 16.6 Å². The lowest BCUT2D eigenvalue weighted by atomic mass is 10.1. The van der Waals surface area contributed by atoms with Crippen LogP contribution in [0.2, 0.25) is 0 Å². The van der Waals surface area contributed by atoms with Gasteiger partial charge in [-0.3, -0.25) is 0 Å². The predicted molar refractivity (Wildman–Crippen MR) is 90.9 cm³/mol. The van der Waals surface area contributed by atoms with Crippen molar-refractivity contribution in [2.24, 2.45) is 0 Å². The van der Waals surface area contributed by atoms with Crippen molar-refractivity contribution in [1.29, 1.82) is 0 Å². The summed E-state index contributed by atoms with van der Waals surface area (Å²) in [7, 11) is 0. The number of nitrogen functional groups attached to an aromatic ring is 1. The Morgan fingerprint density at radius 1 is 1.18 bits per heavy atom. The molecule has 0 fully saturated rings. The average Bonchev–Trinajstić information content (AvgIpc) is 3.11. The molecule has 0 aliphatic rings. The first-order valence-corrected chi connectivity index (χ1v) is 8.00. The first-order valence-electron chi connectivity index (χ1n) is 7.12. The van der Waals surface area contributed by atoms with Gasteiger partial charge in [-0.1, -0.05) is 18.2 Å². The van der Waals surface area contributed by atoms with Crippen molar-refractivity contribution in [3.63, 3.8) is 0 Å². The fourth-order valence-electron chi connectivity index (χ4n) is 2.59. The van der Waals surface area contributed by atoms with Crippen molar-refractivity contribution in [2.45, 2.75) is 19.9 Å².